The third-order valence-corrected chi connectivity index (χ3v) is 3.34. The van der Waals surface area contributed by atoms with Gasteiger partial charge in [0, 0.05) is 41.3 Å². The van der Waals surface area contributed by atoms with Gasteiger partial charge in [0.15, 0.2) is 0 Å². The van der Waals surface area contributed by atoms with E-state index in [2.05, 4.69) is 51.0 Å². The molecule has 0 aliphatic carbocycles. The van der Waals surface area contributed by atoms with E-state index in [0.29, 0.717) is 0 Å². The number of aryl methyl sites for hydroxylation is 1. The predicted molar refractivity (Wildman–Crippen MR) is 70.7 cm³/mol. The molecule has 16 heavy (non-hydrogen) atoms. The first kappa shape index (κ1) is 11.7. The summed E-state index contributed by atoms with van der Waals surface area (Å²) >= 11 is 3.57. The van der Waals surface area contributed by atoms with Crippen LogP contribution in [0.1, 0.15) is 13.3 Å². The Morgan fingerprint density at radius 3 is 3.00 bits per heavy atom. The second kappa shape index (κ2) is 5.51. The number of hydrogen-bond acceptors (Lipinski definition) is 1. The second-order valence-corrected chi connectivity index (χ2v) is 4.59. The number of fused-ring (bicyclic) bond motifs is 1. The van der Waals surface area contributed by atoms with Crippen molar-refractivity contribution in [2.24, 2.45) is 0 Å². The van der Waals surface area contributed by atoms with Crippen LogP contribution in [0.2, 0.25) is 0 Å². The molecule has 0 N–H and O–H groups in total. The van der Waals surface area contributed by atoms with Gasteiger partial charge < -0.3 is 9.30 Å². The zero-order chi connectivity index (χ0) is 11.4. The zero-order valence-corrected chi connectivity index (χ0v) is 11.0. The molecule has 0 aliphatic rings. The van der Waals surface area contributed by atoms with Crippen LogP contribution in [0, 0.1) is 0 Å². The molecule has 0 amide bonds. The van der Waals surface area contributed by atoms with Crippen LogP contribution in [-0.2, 0) is 11.3 Å². The summed E-state index contributed by atoms with van der Waals surface area (Å²) < 4.78 is 8.78. The monoisotopic (exact) mass is 281 g/mol. The number of nitrogens with zero attached hydrogens (tertiary/aromatic N) is 1. The number of halogens is 1. The first-order chi connectivity index (χ1) is 7.83. The molecule has 1 aromatic carbocycles. The Morgan fingerprint density at radius 2 is 2.19 bits per heavy atom. The van der Waals surface area contributed by atoms with Gasteiger partial charge in [0.2, 0.25) is 0 Å². The van der Waals surface area contributed by atoms with E-state index in [-0.39, 0.29) is 0 Å². The van der Waals surface area contributed by atoms with Crippen molar-refractivity contribution in [1.82, 2.24) is 4.57 Å². The SMILES string of the molecule is CCOCCCn1ccc2c(Br)cccc21. The highest BCUT2D eigenvalue weighted by Crippen LogP contribution is 2.24. The van der Waals surface area contributed by atoms with Gasteiger partial charge in [-0.25, -0.2) is 0 Å². The quantitative estimate of drug-likeness (QED) is 0.760. The van der Waals surface area contributed by atoms with Crippen LogP contribution in [0.3, 0.4) is 0 Å². The van der Waals surface area contributed by atoms with Gasteiger partial charge >= 0.3 is 0 Å². The predicted octanol–water partition coefficient (Wildman–Crippen LogP) is 3.83. The van der Waals surface area contributed by atoms with Crippen molar-refractivity contribution in [1.29, 1.82) is 0 Å². The molecule has 0 bridgehead atoms. The molecule has 0 spiro atoms. The maximum atomic E-state index is 5.34. The molecule has 0 aliphatic heterocycles. The minimum absolute atomic E-state index is 0.804. The molecule has 1 heterocycles. The first-order valence-electron chi connectivity index (χ1n) is 5.64. The van der Waals surface area contributed by atoms with Crippen LogP contribution in [0.25, 0.3) is 10.9 Å². The fourth-order valence-corrected chi connectivity index (χ4v) is 2.35. The average Bonchev–Trinajstić information content (AvgIpc) is 2.70. The molecule has 86 valence electrons. The molecular weight excluding hydrogens is 266 g/mol. The number of benzene rings is 1. The largest absolute Gasteiger partial charge is 0.382 e. The average molecular weight is 282 g/mol. The van der Waals surface area contributed by atoms with Gasteiger partial charge in [-0.1, -0.05) is 22.0 Å². The standard InChI is InChI=1S/C13H16BrNO/c1-2-16-10-4-8-15-9-7-11-12(14)5-3-6-13(11)15/h3,5-7,9H,2,4,8,10H2,1H3. The van der Waals surface area contributed by atoms with E-state index in [4.69, 9.17) is 4.74 Å². The van der Waals surface area contributed by atoms with Crippen LogP contribution < -0.4 is 0 Å². The van der Waals surface area contributed by atoms with Crippen molar-refractivity contribution in [3.8, 4) is 0 Å². The third kappa shape index (κ3) is 2.47. The van der Waals surface area contributed by atoms with Crippen molar-refractivity contribution >= 4 is 26.8 Å². The molecular formula is C13H16BrNO. The van der Waals surface area contributed by atoms with Gasteiger partial charge in [-0.05, 0) is 31.5 Å². The Bertz CT molecular complexity index is 464. The van der Waals surface area contributed by atoms with E-state index in [9.17, 15) is 0 Å². The van der Waals surface area contributed by atoms with Crippen LogP contribution in [-0.4, -0.2) is 17.8 Å². The minimum Gasteiger partial charge on any atom is -0.382 e. The van der Waals surface area contributed by atoms with Crippen molar-refractivity contribution < 1.29 is 4.74 Å². The van der Waals surface area contributed by atoms with Crippen LogP contribution in [0.4, 0.5) is 0 Å². The first-order valence-corrected chi connectivity index (χ1v) is 6.43. The molecule has 2 nitrogen and oxygen atoms in total. The molecule has 0 fully saturated rings. The molecule has 2 aromatic rings. The van der Waals surface area contributed by atoms with Gasteiger partial charge in [0.1, 0.15) is 0 Å². The molecule has 3 heteroatoms. The lowest BCUT2D eigenvalue weighted by molar-refractivity contribution is 0.142. The van der Waals surface area contributed by atoms with Crippen molar-refractivity contribution in [2.45, 2.75) is 19.9 Å². The van der Waals surface area contributed by atoms with Gasteiger partial charge in [0.25, 0.3) is 0 Å². The molecule has 2 rings (SSSR count). The number of ether oxygens (including phenoxy) is 1. The van der Waals surface area contributed by atoms with Gasteiger partial charge in [-0.15, -0.1) is 0 Å². The summed E-state index contributed by atoms with van der Waals surface area (Å²) in [5, 5.41) is 1.28. The number of aromatic nitrogens is 1. The van der Waals surface area contributed by atoms with E-state index >= 15 is 0 Å². The summed E-state index contributed by atoms with van der Waals surface area (Å²) in [5.41, 5.74) is 1.28. The molecule has 0 saturated carbocycles. The number of hydrogen-bond donors (Lipinski definition) is 0. The maximum Gasteiger partial charge on any atom is 0.0491 e. The second-order valence-electron chi connectivity index (χ2n) is 3.73. The Labute approximate surface area is 104 Å². The lowest BCUT2D eigenvalue weighted by Gasteiger charge is -2.05. The highest BCUT2D eigenvalue weighted by Gasteiger charge is 2.02. The van der Waals surface area contributed by atoms with E-state index < -0.39 is 0 Å². The summed E-state index contributed by atoms with van der Waals surface area (Å²) in [5.74, 6) is 0. The maximum absolute atomic E-state index is 5.34. The van der Waals surface area contributed by atoms with E-state index in [1.165, 1.54) is 10.9 Å². The van der Waals surface area contributed by atoms with Crippen LogP contribution in [0.5, 0.6) is 0 Å². The lowest BCUT2D eigenvalue weighted by Crippen LogP contribution is -2.01. The zero-order valence-electron chi connectivity index (χ0n) is 9.45. The Hall–Kier alpha value is -0.800. The van der Waals surface area contributed by atoms with Crippen molar-refractivity contribution in [3.63, 3.8) is 0 Å². The molecule has 0 saturated heterocycles. The lowest BCUT2D eigenvalue weighted by atomic mass is 10.2. The summed E-state index contributed by atoms with van der Waals surface area (Å²) in [4.78, 5) is 0. The molecule has 1 aromatic heterocycles. The highest BCUT2D eigenvalue weighted by atomic mass is 79.9. The van der Waals surface area contributed by atoms with Gasteiger partial charge in [-0.3, -0.25) is 0 Å². The van der Waals surface area contributed by atoms with E-state index in [1.807, 2.05) is 6.92 Å². The third-order valence-electron chi connectivity index (χ3n) is 2.65. The summed E-state index contributed by atoms with van der Waals surface area (Å²) in [6.07, 6.45) is 3.20. The smallest absolute Gasteiger partial charge is 0.0491 e. The fraction of sp³-hybridized carbons (Fsp3) is 0.385. The van der Waals surface area contributed by atoms with Crippen molar-refractivity contribution in [3.05, 3.63) is 34.9 Å². The molecule has 0 unspecified atom stereocenters. The topological polar surface area (TPSA) is 14.2 Å². The Balaban J connectivity index is 2.10. The van der Waals surface area contributed by atoms with Crippen molar-refractivity contribution in [2.75, 3.05) is 13.2 Å². The number of rotatable bonds is 5. The van der Waals surface area contributed by atoms with Crippen LogP contribution >= 0.6 is 15.9 Å². The molecule has 0 radical (unpaired) electrons. The normalized spacial score (nSPS) is 11.1. The summed E-state index contributed by atoms with van der Waals surface area (Å²) in [7, 11) is 0. The van der Waals surface area contributed by atoms with Gasteiger partial charge in [-0.2, -0.15) is 0 Å². The highest BCUT2D eigenvalue weighted by molar-refractivity contribution is 9.10. The Kier molecular flexibility index (Phi) is 4.02. The summed E-state index contributed by atoms with van der Waals surface area (Å²) in [6.45, 7) is 4.68. The summed E-state index contributed by atoms with van der Waals surface area (Å²) in [6, 6.07) is 8.46. The Morgan fingerprint density at radius 1 is 1.31 bits per heavy atom. The minimum atomic E-state index is 0.804. The molecule has 0 atom stereocenters. The van der Waals surface area contributed by atoms with Gasteiger partial charge in [0.05, 0.1) is 0 Å². The van der Waals surface area contributed by atoms with E-state index in [0.717, 1.165) is 30.7 Å². The van der Waals surface area contributed by atoms with E-state index in [1.54, 1.807) is 0 Å². The van der Waals surface area contributed by atoms with Crippen LogP contribution in [0.15, 0.2) is 34.9 Å². The fourth-order valence-electron chi connectivity index (χ4n) is 1.86.